The lowest BCUT2D eigenvalue weighted by molar-refractivity contribution is 0.330. The Hall–Kier alpha value is -0.960. The summed E-state index contributed by atoms with van der Waals surface area (Å²) in [4.78, 5) is 0. The first-order valence-corrected chi connectivity index (χ1v) is 6.98. The Balaban J connectivity index is 2.66. The minimum atomic E-state index is -0.499. The van der Waals surface area contributed by atoms with E-state index in [0.29, 0.717) is 6.42 Å². The molecule has 0 aliphatic carbocycles. The number of likely N-dealkylation sites (N-methyl/N-ethyl adjacent to an activating group) is 1. The third kappa shape index (κ3) is 6.67. The standard InChI is InChI=1S/C16H25F2N/c1-5-19-15(6-7-16(2,3)4)10-12-8-13(17)11-14(18)9-12/h8-9,11,15,19H,5-7,10H2,1-4H3. The molecule has 108 valence electrons. The summed E-state index contributed by atoms with van der Waals surface area (Å²) in [5, 5.41) is 3.40. The van der Waals surface area contributed by atoms with Crippen LogP contribution >= 0.6 is 0 Å². The number of benzene rings is 1. The number of hydrogen-bond donors (Lipinski definition) is 1. The Bertz CT molecular complexity index is 376. The summed E-state index contributed by atoms with van der Waals surface area (Å²) in [7, 11) is 0. The minimum Gasteiger partial charge on any atom is -0.314 e. The van der Waals surface area contributed by atoms with Gasteiger partial charge < -0.3 is 5.32 Å². The van der Waals surface area contributed by atoms with Gasteiger partial charge in [0.25, 0.3) is 0 Å². The van der Waals surface area contributed by atoms with Crippen LogP contribution in [-0.2, 0) is 6.42 Å². The lowest BCUT2D eigenvalue weighted by Crippen LogP contribution is -2.32. The van der Waals surface area contributed by atoms with Crippen molar-refractivity contribution < 1.29 is 8.78 Å². The second-order valence-corrected chi connectivity index (χ2v) is 6.34. The smallest absolute Gasteiger partial charge is 0.126 e. The fraction of sp³-hybridized carbons (Fsp3) is 0.625. The molecule has 0 amide bonds. The van der Waals surface area contributed by atoms with Crippen molar-refractivity contribution in [3.8, 4) is 0 Å². The van der Waals surface area contributed by atoms with Gasteiger partial charge in [-0.15, -0.1) is 0 Å². The van der Waals surface area contributed by atoms with E-state index in [4.69, 9.17) is 0 Å². The van der Waals surface area contributed by atoms with E-state index in [1.807, 2.05) is 0 Å². The van der Waals surface area contributed by atoms with Crippen molar-refractivity contribution in [1.82, 2.24) is 5.32 Å². The molecule has 0 aromatic heterocycles. The largest absolute Gasteiger partial charge is 0.314 e. The van der Waals surface area contributed by atoms with Gasteiger partial charge in [-0.25, -0.2) is 8.78 Å². The summed E-state index contributed by atoms with van der Waals surface area (Å²) >= 11 is 0. The molecule has 0 fully saturated rings. The van der Waals surface area contributed by atoms with Crippen molar-refractivity contribution in [2.24, 2.45) is 5.41 Å². The van der Waals surface area contributed by atoms with E-state index in [0.717, 1.165) is 31.0 Å². The SMILES string of the molecule is CCNC(CCC(C)(C)C)Cc1cc(F)cc(F)c1. The second kappa shape index (κ2) is 6.99. The van der Waals surface area contributed by atoms with Crippen molar-refractivity contribution in [3.63, 3.8) is 0 Å². The van der Waals surface area contributed by atoms with Gasteiger partial charge in [0, 0.05) is 12.1 Å². The molecule has 0 heterocycles. The van der Waals surface area contributed by atoms with E-state index in [1.165, 1.54) is 12.1 Å². The molecule has 1 nitrogen and oxygen atoms in total. The summed E-state index contributed by atoms with van der Waals surface area (Å²) in [6.07, 6.45) is 2.76. The first-order valence-electron chi connectivity index (χ1n) is 6.98. The zero-order chi connectivity index (χ0) is 14.5. The molecule has 0 bridgehead atoms. The van der Waals surface area contributed by atoms with Gasteiger partial charge in [0.1, 0.15) is 11.6 Å². The van der Waals surface area contributed by atoms with E-state index >= 15 is 0 Å². The topological polar surface area (TPSA) is 12.0 Å². The molecule has 3 heteroatoms. The van der Waals surface area contributed by atoms with Gasteiger partial charge in [-0.1, -0.05) is 27.7 Å². The van der Waals surface area contributed by atoms with Crippen LogP contribution in [0.3, 0.4) is 0 Å². The van der Waals surface area contributed by atoms with Gasteiger partial charge in [-0.2, -0.15) is 0 Å². The van der Waals surface area contributed by atoms with Crippen LogP contribution in [0.4, 0.5) is 8.78 Å². The molecule has 0 saturated carbocycles. The normalized spacial score (nSPS) is 13.6. The van der Waals surface area contributed by atoms with E-state index < -0.39 is 11.6 Å². The Labute approximate surface area is 115 Å². The van der Waals surface area contributed by atoms with Gasteiger partial charge in [0.2, 0.25) is 0 Å². The van der Waals surface area contributed by atoms with Crippen molar-refractivity contribution in [3.05, 3.63) is 35.4 Å². The molecule has 1 atom stereocenters. The predicted molar refractivity (Wildman–Crippen MR) is 76.2 cm³/mol. The molecule has 0 aliphatic heterocycles. The average Bonchev–Trinajstić information content (AvgIpc) is 2.23. The summed E-state index contributed by atoms with van der Waals surface area (Å²) < 4.78 is 26.4. The lowest BCUT2D eigenvalue weighted by atomic mass is 9.87. The molecule has 1 aromatic rings. The highest BCUT2D eigenvalue weighted by molar-refractivity contribution is 5.19. The molecule has 1 unspecified atom stereocenters. The molecule has 0 radical (unpaired) electrons. The van der Waals surface area contributed by atoms with E-state index in [1.54, 1.807) is 0 Å². The van der Waals surface area contributed by atoms with Crippen molar-refractivity contribution >= 4 is 0 Å². The van der Waals surface area contributed by atoms with Gasteiger partial charge in [-0.05, 0) is 48.9 Å². The number of rotatable bonds is 6. The molecule has 0 saturated heterocycles. The lowest BCUT2D eigenvalue weighted by Gasteiger charge is -2.24. The number of nitrogens with one attached hydrogen (secondary N) is 1. The monoisotopic (exact) mass is 269 g/mol. The fourth-order valence-electron chi connectivity index (χ4n) is 2.19. The molecule has 1 aromatic carbocycles. The average molecular weight is 269 g/mol. The van der Waals surface area contributed by atoms with Crippen LogP contribution in [-0.4, -0.2) is 12.6 Å². The summed E-state index contributed by atoms with van der Waals surface area (Å²) in [6.45, 7) is 9.54. The molecular weight excluding hydrogens is 244 g/mol. The van der Waals surface area contributed by atoms with Gasteiger partial charge in [0.05, 0.1) is 0 Å². The number of halogens is 2. The Morgan fingerprint density at radius 3 is 2.16 bits per heavy atom. The van der Waals surface area contributed by atoms with Crippen LogP contribution in [0.15, 0.2) is 18.2 Å². The van der Waals surface area contributed by atoms with Crippen molar-refractivity contribution in [2.75, 3.05) is 6.54 Å². The third-order valence-corrected chi connectivity index (χ3v) is 3.14. The summed E-state index contributed by atoms with van der Waals surface area (Å²) in [5.74, 6) is -0.998. The predicted octanol–water partition coefficient (Wildman–Crippen LogP) is 4.31. The zero-order valence-electron chi connectivity index (χ0n) is 12.4. The maximum absolute atomic E-state index is 13.2. The van der Waals surface area contributed by atoms with E-state index in [-0.39, 0.29) is 11.5 Å². The van der Waals surface area contributed by atoms with Crippen LogP contribution < -0.4 is 5.32 Å². The summed E-state index contributed by atoms with van der Waals surface area (Å²) in [6, 6.07) is 4.03. The van der Waals surface area contributed by atoms with E-state index in [9.17, 15) is 8.78 Å². The van der Waals surface area contributed by atoms with Gasteiger partial charge in [0.15, 0.2) is 0 Å². The first-order chi connectivity index (χ1) is 8.80. The van der Waals surface area contributed by atoms with Crippen LogP contribution in [0.5, 0.6) is 0 Å². The maximum atomic E-state index is 13.2. The molecular formula is C16H25F2N. The maximum Gasteiger partial charge on any atom is 0.126 e. The molecule has 0 spiro atoms. The van der Waals surface area contributed by atoms with E-state index in [2.05, 4.69) is 33.0 Å². The van der Waals surface area contributed by atoms with Crippen LogP contribution in [0.25, 0.3) is 0 Å². The Morgan fingerprint density at radius 1 is 1.11 bits per heavy atom. The fourth-order valence-corrected chi connectivity index (χ4v) is 2.19. The van der Waals surface area contributed by atoms with Crippen LogP contribution in [0.2, 0.25) is 0 Å². The second-order valence-electron chi connectivity index (χ2n) is 6.34. The van der Waals surface area contributed by atoms with Crippen LogP contribution in [0, 0.1) is 17.0 Å². The Morgan fingerprint density at radius 2 is 1.68 bits per heavy atom. The highest BCUT2D eigenvalue weighted by Gasteiger charge is 2.15. The molecule has 1 rings (SSSR count). The molecule has 0 aliphatic rings. The van der Waals surface area contributed by atoms with Crippen molar-refractivity contribution in [2.45, 2.75) is 53.0 Å². The van der Waals surface area contributed by atoms with Crippen molar-refractivity contribution in [1.29, 1.82) is 0 Å². The molecule has 1 N–H and O–H groups in total. The number of hydrogen-bond acceptors (Lipinski definition) is 1. The first kappa shape index (κ1) is 16.1. The Kier molecular flexibility index (Phi) is 5.92. The van der Waals surface area contributed by atoms with Gasteiger partial charge >= 0.3 is 0 Å². The zero-order valence-corrected chi connectivity index (χ0v) is 12.4. The van der Waals surface area contributed by atoms with Gasteiger partial charge in [-0.3, -0.25) is 0 Å². The minimum absolute atomic E-state index is 0.269. The summed E-state index contributed by atoms with van der Waals surface area (Å²) in [5.41, 5.74) is 0.998. The third-order valence-electron chi connectivity index (χ3n) is 3.14. The van der Waals surface area contributed by atoms with Crippen LogP contribution in [0.1, 0.15) is 46.1 Å². The highest BCUT2D eigenvalue weighted by atomic mass is 19.1. The molecule has 19 heavy (non-hydrogen) atoms. The highest BCUT2D eigenvalue weighted by Crippen LogP contribution is 2.23. The quantitative estimate of drug-likeness (QED) is 0.811.